The van der Waals surface area contributed by atoms with E-state index in [1.54, 1.807) is 0 Å². The number of carbonyl (C=O) groups is 1. The summed E-state index contributed by atoms with van der Waals surface area (Å²) in [6, 6.07) is 4.34. The molecular formula is C15H22N2O2. The summed E-state index contributed by atoms with van der Waals surface area (Å²) < 4.78 is 2.08. The molecule has 104 valence electrons. The summed E-state index contributed by atoms with van der Waals surface area (Å²) in [7, 11) is 0. The molecule has 2 aliphatic carbocycles. The summed E-state index contributed by atoms with van der Waals surface area (Å²) in [6.45, 7) is 0.593. The number of aliphatic hydroxyl groups is 1. The van der Waals surface area contributed by atoms with E-state index in [0.29, 0.717) is 12.6 Å². The number of aromatic nitrogens is 1. The molecular weight excluding hydrogens is 240 g/mol. The Labute approximate surface area is 113 Å². The largest absolute Gasteiger partial charge is 0.393 e. The van der Waals surface area contributed by atoms with Crippen LogP contribution in [0.3, 0.4) is 0 Å². The van der Waals surface area contributed by atoms with Gasteiger partial charge < -0.3 is 15.0 Å². The Bertz CT molecular complexity index is 451. The van der Waals surface area contributed by atoms with Gasteiger partial charge in [-0.3, -0.25) is 4.79 Å². The summed E-state index contributed by atoms with van der Waals surface area (Å²) >= 11 is 0. The van der Waals surface area contributed by atoms with Gasteiger partial charge in [-0.05, 0) is 37.8 Å². The third kappa shape index (κ3) is 2.84. The molecule has 2 fully saturated rings. The topological polar surface area (TPSA) is 54.3 Å². The van der Waals surface area contributed by atoms with Gasteiger partial charge in [0.2, 0.25) is 0 Å². The third-order valence-electron chi connectivity index (χ3n) is 4.35. The lowest BCUT2D eigenvalue weighted by atomic mass is 9.86. The van der Waals surface area contributed by atoms with E-state index in [1.807, 2.05) is 18.3 Å². The highest BCUT2D eigenvalue weighted by Gasteiger charge is 2.27. The number of hydrogen-bond donors (Lipinski definition) is 2. The zero-order chi connectivity index (χ0) is 13.2. The van der Waals surface area contributed by atoms with Crippen LogP contribution < -0.4 is 5.32 Å². The van der Waals surface area contributed by atoms with Crippen molar-refractivity contribution >= 4 is 5.91 Å². The predicted octanol–water partition coefficient (Wildman–Crippen LogP) is 2.10. The number of nitrogens with one attached hydrogen (secondary N) is 1. The van der Waals surface area contributed by atoms with Crippen LogP contribution in [0.1, 0.15) is 55.1 Å². The molecule has 0 aromatic carbocycles. The monoisotopic (exact) mass is 262 g/mol. The van der Waals surface area contributed by atoms with Crippen LogP contribution in [0.2, 0.25) is 0 Å². The van der Waals surface area contributed by atoms with E-state index in [-0.39, 0.29) is 17.9 Å². The molecule has 0 bridgehead atoms. The van der Waals surface area contributed by atoms with E-state index < -0.39 is 0 Å². The van der Waals surface area contributed by atoms with Crippen LogP contribution in [0.15, 0.2) is 18.3 Å². The van der Waals surface area contributed by atoms with E-state index in [9.17, 15) is 9.90 Å². The van der Waals surface area contributed by atoms with Crippen molar-refractivity contribution in [3.8, 4) is 0 Å². The van der Waals surface area contributed by atoms with Crippen LogP contribution in [0.25, 0.3) is 0 Å². The molecule has 2 aliphatic rings. The van der Waals surface area contributed by atoms with Crippen LogP contribution in [0.4, 0.5) is 0 Å². The van der Waals surface area contributed by atoms with Gasteiger partial charge in [0, 0.05) is 24.7 Å². The Kier molecular flexibility index (Phi) is 3.60. The van der Waals surface area contributed by atoms with E-state index in [0.717, 1.165) is 31.4 Å². The molecule has 3 rings (SSSR count). The molecule has 1 amide bonds. The van der Waals surface area contributed by atoms with Gasteiger partial charge in [0.05, 0.1) is 6.10 Å². The SMILES string of the molecule is O=C(NCC1CCCCC1O)c1cccn1C1CC1. The normalized spacial score (nSPS) is 27.2. The minimum atomic E-state index is -0.246. The van der Waals surface area contributed by atoms with Crippen molar-refractivity contribution in [3.05, 3.63) is 24.0 Å². The van der Waals surface area contributed by atoms with Crippen molar-refractivity contribution in [1.82, 2.24) is 9.88 Å². The Morgan fingerprint density at radius 3 is 2.84 bits per heavy atom. The average Bonchev–Trinajstić information content (AvgIpc) is 3.15. The molecule has 0 spiro atoms. The van der Waals surface area contributed by atoms with Gasteiger partial charge in [-0.25, -0.2) is 0 Å². The molecule has 4 nitrogen and oxygen atoms in total. The zero-order valence-electron chi connectivity index (χ0n) is 11.2. The highest BCUT2D eigenvalue weighted by Crippen LogP contribution is 2.36. The molecule has 0 aliphatic heterocycles. The zero-order valence-corrected chi connectivity index (χ0v) is 11.2. The Balaban J connectivity index is 1.57. The fourth-order valence-electron chi connectivity index (χ4n) is 3.00. The molecule has 2 saturated carbocycles. The Hall–Kier alpha value is -1.29. The minimum absolute atomic E-state index is 0.00493. The molecule has 1 heterocycles. The molecule has 1 aromatic rings. The van der Waals surface area contributed by atoms with Crippen molar-refractivity contribution in [1.29, 1.82) is 0 Å². The second-order valence-corrected chi connectivity index (χ2v) is 5.85. The van der Waals surface area contributed by atoms with E-state index in [2.05, 4.69) is 9.88 Å². The number of aliphatic hydroxyl groups excluding tert-OH is 1. The van der Waals surface area contributed by atoms with E-state index in [4.69, 9.17) is 0 Å². The molecule has 4 heteroatoms. The Morgan fingerprint density at radius 2 is 2.11 bits per heavy atom. The standard InChI is InChI=1S/C15H22N2O2/c18-14-6-2-1-4-11(14)10-16-15(19)13-5-3-9-17(13)12-7-8-12/h3,5,9,11-12,14,18H,1-2,4,6-8,10H2,(H,16,19). The lowest BCUT2D eigenvalue weighted by Crippen LogP contribution is -2.37. The number of carbonyl (C=O) groups excluding carboxylic acids is 1. The van der Waals surface area contributed by atoms with Gasteiger partial charge in [-0.1, -0.05) is 12.8 Å². The maximum atomic E-state index is 12.2. The second kappa shape index (κ2) is 5.37. The predicted molar refractivity (Wildman–Crippen MR) is 73.0 cm³/mol. The minimum Gasteiger partial charge on any atom is -0.393 e. The summed E-state index contributed by atoms with van der Waals surface area (Å²) in [4.78, 5) is 12.2. The van der Waals surface area contributed by atoms with Gasteiger partial charge in [0.1, 0.15) is 5.69 Å². The molecule has 1 aromatic heterocycles. The number of hydrogen-bond acceptors (Lipinski definition) is 2. The fraction of sp³-hybridized carbons (Fsp3) is 0.667. The third-order valence-corrected chi connectivity index (χ3v) is 4.35. The lowest BCUT2D eigenvalue weighted by molar-refractivity contribution is 0.0660. The van der Waals surface area contributed by atoms with Crippen LogP contribution in [0.5, 0.6) is 0 Å². The second-order valence-electron chi connectivity index (χ2n) is 5.85. The highest BCUT2D eigenvalue weighted by molar-refractivity contribution is 5.92. The first kappa shape index (κ1) is 12.7. The first-order chi connectivity index (χ1) is 9.25. The van der Waals surface area contributed by atoms with Crippen molar-refractivity contribution in [3.63, 3.8) is 0 Å². The van der Waals surface area contributed by atoms with Crippen LogP contribution in [-0.4, -0.2) is 28.2 Å². The van der Waals surface area contributed by atoms with Crippen molar-refractivity contribution in [2.45, 2.75) is 50.7 Å². The van der Waals surface area contributed by atoms with Crippen molar-refractivity contribution < 1.29 is 9.90 Å². The Morgan fingerprint density at radius 1 is 1.32 bits per heavy atom. The lowest BCUT2D eigenvalue weighted by Gasteiger charge is -2.27. The van der Waals surface area contributed by atoms with Gasteiger partial charge in [-0.2, -0.15) is 0 Å². The first-order valence-electron chi connectivity index (χ1n) is 7.39. The molecule has 2 unspecified atom stereocenters. The van der Waals surface area contributed by atoms with Crippen LogP contribution in [0, 0.1) is 5.92 Å². The maximum absolute atomic E-state index is 12.2. The van der Waals surface area contributed by atoms with Crippen molar-refractivity contribution in [2.24, 2.45) is 5.92 Å². The smallest absolute Gasteiger partial charge is 0.267 e. The molecule has 2 N–H and O–H groups in total. The number of amides is 1. The quantitative estimate of drug-likeness (QED) is 0.873. The van der Waals surface area contributed by atoms with Crippen LogP contribution >= 0.6 is 0 Å². The fourth-order valence-corrected chi connectivity index (χ4v) is 3.00. The van der Waals surface area contributed by atoms with E-state index in [1.165, 1.54) is 12.8 Å². The van der Waals surface area contributed by atoms with Gasteiger partial charge >= 0.3 is 0 Å². The van der Waals surface area contributed by atoms with E-state index >= 15 is 0 Å². The molecule has 19 heavy (non-hydrogen) atoms. The summed E-state index contributed by atoms with van der Waals surface area (Å²) in [5.74, 6) is 0.219. The van der Waals surface area contributed by atoms with Gasteiger partial charge in [-0.15, -0.1) is 0 Å². The molecule has 2 atom stereocenters. The summed E-state index contributed by atoms with van der Waals surface area (Å²) in [5.41, 5.74) is 0.757. The maximum Gasteiger partial charge on any atom is 0.267 e. The van der Waals surface area contributed by atoms with Crippen LogP contribution in [-0.2, 0) is 0 Å². The van der Waals surface area contributed by atoms with Crippen molar-refractivity contribution in [2.75, 3.05) is 6.54 Å². The number of rotatable bonds is 4. The van der Waals surface area contributed by atoms with Gasteiger partial charge in [0.25, 0.3) is 5.91 Å². The molecule has 0 saturated heterocycles. The number of nitrogens with zero attached hydrogens (tertiary/aromatic N) is 1. The summed E-state index contributed by atoms with van der Waals surface area (Å²) in [5, 5.41) is 12.9. The van der Waals surface area contributed by atoms with Gasteiger partial charge in [0.15, 0.2) is 0 Å². The highest BCUT2D eigenvalue weighted by atomic mass is 16.3. The first-order valence-corrected chi connectivity index (χ1v) is 7.39. The molecule has 0 radical (unpaired) electrons. The average molecular weight is 262 g/mol. The summed E-state index contributed by atoms with van der Waals surface area (Å²) in [6.07, 6.45) is 8.26.